The largest absolute Gasteiger partial charge is 0.325 e. The van der Waals surface area contributed by atoms with E-state index >= 15 is 0 Å². The first kappa shape index (κ1) is 19.4. The molecule has 0 radical (unpaired) electrons. The fraction of sp³-hybridized carbons (Fsp3) is 0.333. The van der Waals surface area contributed by atoms with E-state index in [4.69, 9.17) is 23.2 Å². The monoisotopic (exact) mass is 434 g/mol. The molecule has 0 bridgehead atoms. The van der Waals surface area contributed by atoms with E-state index in [1.165, 1.54) is 15.6 Å². The Morgan fingerprint density at radius 1 is 1.31 bits per heavy atom. The molecule has 7 nitrogen and oxygen atoms in total. The van der Waals surface area contributed by atoms with Crippen LogP contribution in [0.1, 0.15) is 17.5 Å². The van der Waals surface area contributed by atoms with Crippen molar-refractivity contribution in [2.45, 2.75) is 19.9 Å². The minimum absolute atomic E-state index is 0.0678. The van der Waals surface area contributed by atoms with Crippen molar-refractivity contribution in [2.75, 3.05) is 22.9 Å². The molecule has 2 heterocycles. The van der Waals surface area contributed by atoms with Crippen molar-refractivity contribution in [3.8, 4) is 0 Å². The average Bonchev–Trinajstić information content (AvgIpc) is 2.99. The van der Waals surface area contributed by atoms with Gasteiger partial charge >= 0.3 is 6.03 Å². The average molecular weight is 435 g/mol. The van der Waals surface area contributed by atoms with Crippen LogP contribution in [-0.4, -0.2) is 36.0 Å². The van der Waals surface area contributed by atoms with Gasteiger partial charge in [0.15, 0.2) is 5.13 Å². The van der Waals surface area contributed by atoms with Gasteiger partial charge in [0.05, 0.1) is 21.5 Å². The number of nitrogens with one attached hydrogen (secondary N) is 2. The summed E-state index contributed by atoms with van der Waals surface area (Å²) in [6.07, 6.45) is 0.529. The molecule has 0 saturated heterocycles. The van der Waals surface area contributed by atoms with Gasteiger partial charge in [-0.05, 0) is 25.1 Å². The number of aromatic nitrogens is 1. The first-order chi connectivity index (χ1) is 12.3. The molecule has 0 aliphatic carbocycles. The van der Waals surface area contributed by atoms with Gasteiger partial charge in [-0.2, -0.15) is 4.31 Å². The maximum Gasteiger partial charge on any atom is 0.325 e. The maximum atomic E-state index is 12.1. The summed E-state index contributed by atoms with van der Waals surface area (Å²) < 4.78 is 25.5. The van der Waals surface area contributed by atoms with E-state index in [9.17, 15) is 13.2 Å². The Morgan fingerprint density at radius 3 is 2.77 bits per heavy atom. The number of carbonyl (C=O) groups excluding carboxylic acids is 1. The van der Waals surface area contributed by atoms with Crippen LogP contribution in [0.4, 0.5) is 15.6 Å². The molecule has 1 aliphatic rings. The smallest absolute Gasteiger partial charge is 0.308 e. The molecule has 11 heteroatoms. The van der Waals surface area contributed by atoms with Crippen LogP contribution in [0.15, 0.2) is 18.2 Å². The molecule has 2 aromatic rings. The molecule has 0 unspecified atom stereocenters. The van der Waals surface area contributed by atoms with Crippen LogP contribution in [-0.2, 0) is 23.0 Å². The molecule has 0 fully saturated rings. The van der Waals surface area contributed by atoms with Crippen LogP contribution in [0, 0.1) is 0 Å². The van der Waals surface area contributed by atoms with Crippen LogP contribution in [0.5, 0.6) is 0 Å². The predicted molar refractivity (Wildman–Crippen MR) is 105 cm³/mol. The molecule has 1 aromatic carbocycles. The Labute approximate surface area is 165 Å². The van der Waals surface area contributed by atoms with Crippen LogP contribution >= 0.6 is 34.5 Å². The van der Waals surface area contributed by atoms with Crippen LogP contribution in [0.25, 0.3) is 0 Å². The molecule has 0 atom stereocenters. The van der Waals surface area contributed by atoms with Gasteiger partial charge in [-0.15, -0.1) is 0 Å². The molecule has 0 saturated carbocycles. The van der Waals surface area contributed by atoms with Crippen LogP contribution in [0.3, 0.4) is 0 Å². The van der Waals surface area contributed by atoms with Crippen molar-refractivity contribution in [3.63, 3.8) is 0 Å². The van der Waals surface area contributed by atoms with E-state index in [2.05, 4.69) is 15.6 Å². The molecule has 2 amide bonds. The summed E-state index contributed by atoms with van der Waals surface area (Å²) in [7, 11) is -3.24. The van der Waals surface area contributed by atoms with Crippen LogP contribution in [0.2, 0.25) is 10.0 Å². The van der Waals surface area contributed by atoms with Gasteiger partial charge in [0.2, 0.25) is 10.0 Å². The van der Waals surface area contributed by atoms with Crippen molar-refractivity contribution in [1.29, 1.82) is 0 Å². The van der Waals surface area contributed by atoms with E-state index in [1.54, 1.807) is 25.1 Å². The molecule has 26 heavy (non-hydrogen) atoms. The second-order valence-electron chi connectivity index (χ2n) is 5.58. The third-order valence-corrected chi connectivity index (χ3v) is 7.42. The molecule has 140 valence electrons. The highest BCUT2D eigenvalue weighted by molar-refractivity contribution is 7.89. The number of fused-ring (bicyclic) bond motifs is 1. The zero-order valence-corrected chi connectivity index (χ0v) is 16.9. The second kappa shape index (κ2) is 7.69. The van der Waals surface area contributed by atoms with Gasteiger partial charge in [-0.25, -0.2) is 18.2 Å². The lowest BCUT2D eigenvalue weighted by atomic mass is 10.2. The lowest BCUT2D eigenvalue weighted by molar-refractivity contribution is 0.262. The summed E-state index contributed by atoms with van der Waals surface area (Å²) in [6, 6.07) is 4.30. The Hall–Kier alpha value is -1.39. The van der Waals surface area contributed by atoms with Crippen LogP contribution < -0.4 is 10.6 Å². The SMILES string of the molecule is CCS(=O)(=O)N1CCc2nc(NC(=O)Nc3ccc(Cl)c(Cl)c3)sc2C1. The lowest BCUT2D eigenvalue weighted by Crippen LogP contribution is -2.36. The molecule has 2 N–H and O–H groups in total. The highest BCUT2D eigenvalue weighted by Gasteiger charge is 2.28. The lowest BCUT2D eigenvalue weighted by Gasteiger charge is -2.24. The van der Waals surface area contributed by atoms with Crippen molar-refractivity contribution in [2.24, 2.45) is 0 Å². The fourth-order valence-electron chi connectivity index (χ4n) is 2.48. The number of carbonyl (C=O) groups is 1. The number of thiazole rings is 1. The van der Waals surface area contributed by atoms with Gasteiger partial charge < -0.3 is 5.32 Å². The summed E-state index contributed by atoms with van der Waals surface area (Å²) in [4.78, 5) is 17.4. The van der Waals surface area contributed by atoms with E-state index in [0.29, 0.717) is 40.4 Å². The summed E-state index contributed by atoms with van der Waals surface area (Å²) in [5.41, 5.74) is 1.32. The minimum Gasteiger partial charge on any atom is -0.308 e. The molecule has 0 spiro atoms. The standard InChI is InChI=1S/C15H16Cl2N4O3S2/c1-2-26(23,24)21-6-5-12-13(8-21)25-15(19-12)20-14(22)18-9-3-4-10(16)11(17)7-9/h3-4,7H,2,5-6,8H2,1H3,(H2,18,19,20,22). The third-order valence-electron chi connectivity index (χ3n) is 3.85. The van der Waals surface area contributed by atoms with Gasteiger partial charge in [-0.1, -0.05) is 34.5 Å². The minimum atomic E-state index is -3.24. The maximum absolute atomic E-state index is 12.1. The molecule has 3 rings (SSSR count). The number of hydrogen-bond donors (Lipinski definition) is 2. The molecule has 1 aliphatic heterocycles. The number of urea groups is 1. The van der Waals surface area contributed by atoms with E-state index < -0.39 is 16.1 Å². The highest BCUT2D eigenvalue weighted by atomic mass is 35.5. The molecular formula is C15H16Cl2N4O3S2. The number of benzene rings is 1. The summed E-state index contributed by atoms with van der Waals surface area (Å²) >= 11 is 13.0. The number of sulfonamides is 1. The first-order valence-corrected chi connectivity index (χ1v) is 11.0. The number of anilines is 2. The van der Waals surface area contributed by atoms with Crippen molar-refractivity contribution < 1.29 is 13.2 Å². The number of amides is 2. The summed E-state index contributed by atoms with van der Waals surface area (Å²) in [5, 5.41) is 6.47. The van der Waals surface area contributed by atoms with Crippen molar-refractivity contribution in [1.82, 2.24) is 9.29 Å². The molecular weight excluding hydrogens is 419 g/mol. The Bertz CT molecular complexity index is 946. The number of halogens is 2. The number of nitrogens with zero attached hydrogens (tertiary/aromatic N) is 2. The van der Waals surface area contributed by atoms with Crippen molar-refractivity contribution in [3.05, 3.63) is 38.8 Å². The van der Waals surface area contributed by atoms with E-state index in [-0.39, 0.29) is 5.75 Å². The van der Waals surface area contributed by atoms with Crippen molar-refractivity contribution >= 4 is 61.4 Å². The van der Waals surface area contributed by atoms with Gasteiger partial charge in [-0.3, -0.25) is 5.32 Å². The van der Waals surface area contributed by atoms with Gasteiger partial charge in [0, 0.05) is 30.1 Å². The number of hydrogen-bond acceptors (Lipinski definition) is 5. The fourth-order valence-corrected chi connectivity index (χ4v) is 4.94. The Morgan fingerprint density at radius 2 is 2.08 bits per heavy atom. The topological polar surface area (TPSA) is 91.4 Å². The van der Waals surface area contributed by atoms with E-state index in [0.717, 1.165) is 10.6 Å². The zero-order valence-electron chi connectivity index (χ0n) is 13.8. The Balaban J connectivity index is 1.67. The van der Waals surface area contributed by atoms with Gasteiger partial charge in [0.1, 0.15) is 0 Å². The first-order valence-electron chi connectivity index (χ1n) is 7.78. The summed E-state index contributed by atoms with van der Waals surface area (Å²) in [5.74, 6) is 0.0678. The predicted octanol–water partition coefficient (Wildman–Crippen LogP) is 3.80. The quantitative estimate of drug-likeness (QED) is 0.764. The van der Waals surface area contributed by atoms with Gasteiger partial charge in [0.25, 0.3) is 0 Å². The normalized spacial score (nSPS) is 14.7. The zero-order chi connectivity index (χ0) is 18.9. The summed E-state index contributed by atoms with van der Waals surface area (Å²) in [6.45, 7) is 2.32. The highest BCUT2D eigenvalue weighted by Crippen LogP contribution is 2.30. The molecule has 1 aromatic heterocycles. The second-order valence-corrected chi connectivity index (χ2v) is 9.74. The van der Waals surface area contributed by atoms with E-state index in [1.807, 2.05) is 0 Å². The number of rotatable bonds is 4. The third kappa shape index (κ3) is 4.29. The Kier molecular flexibility index (Phi) is 5.73.